The number of benzene rings is 2. The SMILES string of the molecule is COc1ccc(NC(=O)C2CC(c3cccc(Cl)c3)NN2)cc1F. The lowest BCUT2D eigenvalue weighted by atomic mass is 10.0. The molecule has 0 radical (unpaired) electrons. The highest BCUT2D eigenvalue weighted by atomic mass is 35.5. The molecule has 7 heteroatoms. The van der Waals surface area contributed by atoms with Gasteiger partial charge in [-0.05, 0) is 36.2 Å². The minimum atomic E-state index is -0.524. The molecule has 3 N–H and O–H groups in total. The van der Waals surface area contributed by atoms with Gasteiger partial charge in [-0.2, -0.15) is 0 Å². The van der Waals surface area contributed by atoms with E-state index in [1.165, 1.54) is 19.2 Å². The fraction of sp³-hybridized carbons (Fsp3) is 0.235. The number of ether oxygens (including phenoxy) is 1. The summed E-state index contributed by atoms with van der Waals surface area (Å²) in [4.78, 5) is 12.3. The fourth-order valence-corrected chi connectivity index (χ4v) is 2.84. The fourth-order valence-electron chi connectivity index (χ4n) is 2.64. The molecule has 126 valence electrons. The molecule has 2 aromatic rings. The van der Waals surface area contributed by atoms with E-state index in [1.807, 2.05) is 18.2 Å². The molecule has 0 bridgehead atoms. The van der Waals surface area contributed by atoms with Crippen LogP contribution in [0.2, 0.25) is 5.02 Å². The maximum Gasteiger partial charge on any atom is 0.242 e. The van der Waals surface area contributed by atoms with E-state index >= 15 is 0 Å². The number of anilines is 1. The van der Waals surface area contributed by atoms with Crippen LogP contribution in [0.25, 0.3) is 0 Å². The first-order valence-corrected chi connectivity index (χ1v) is 7.85. The van der Waals surface area contributed by atoms with E-state index in [2.05, 4.69) is 16.2 Å². The van der Waals surface area contributed by atoms with Gasteiger partial charge in [0.15, 0.2) is 11.6 Å². The molecule has 0 aromatic heterocycles. The normalized spacial score (nSPS) is 20.0. The predicted octanol–water partition coefficient (Wildman–Crippen LogP) is 3.03. The monoisotopic (exact) mass is 349 g/mol. The average Bonchev–Trinajstić information content (AvgIpc) is 3.05. The highest BCUT2D eigenvalue weighted by Crippen LogP contribution is 2.26. The van der Waals surface area contributed by atoms with E-state index in [-0.39, 0.29) is 17.7 Å². The molecule has 2 unspecified atom stereocenters. The van der Waals surface area contributed by atoms with Gasteiger partial charge in [-0.3, -0.25) is 4.79 Å². The van der Waals surface area contributed by atoms with Gasteiger partial charge in [-0.15, -0.1) is 0 Å². The number of carbonyl (C=O) groups excluding carboxylic acids is 1. The van der Waals surface area contributed by atoms with E-state index in [4.69, 9.17) is 16.3 Å². The Balaban J connectivity index is 1.63. The van der Waals surface area contributed by atoms with Gasteiger partial charge in [0.25, 0.3) is 0 Å². The van der Waals surface area contributed by atoms with Crippen molar-refractivity contribution in [2.75, 3.05) is 12.4 Å². The maximum absolute atomic E-state index is 13.7. The zero-order valence-corrected chi connectivity index (χ0v) is 13.7. The summed E-state index contributed by atoms with van der Waals surface area (Å²) in [5.41, 5.74) is 7.42. The Morgan fingerprint density at radius 2 is 2.12 bits per heavy atom. The van der Waals surface area contributed by atoms with Gasteiger partial charge < -0.3 is 10.1 Å². The molecule has 1 amide bonds. The van der Waals surface area contributed by atoms with Crippen molar-refractivity contribution in [3.63, 3.8) is 0 Å². The predicted molar refractivity (Wildman–Crippen MR) is 90.5 cm³/mol. The summed E-state index contributed by atoms with van der Waals surface area (Å²) in [5.74, 6) is -0.629. The number of nitrogens with one attached hydrogen (secondary N) is 3. The number of methoxy groups -OCH3 is 1. The maximum atomic E-state index is 13.7. The number of carbonyl (C=O) groups is 1. The first-order chi connectivity index (χ1) is 11.6. The zero-order valence-electron chi connectivity index (χ0n) is 13.0. The second kappa shape index (κ2) is 7.17. The van der Waals surface area contributed by atoms with Crippen LogP contribution in [0.15, 0.2) is 42.5 Å². The second-order valence-corrected chi connectivity index (χ2v) is 5.96. The topological polar surface area (TPSA) is 62.4 Å². The van der Waals surface area contributed by atoms with Crippen molar-refractivity contribution in [2.45, 2.75) is 18.5 Å². The summed E-state index contributed by atoms with van der Waals surface area (Å²) in [5, 5.41) is 3.35. The molecule has 0 spiro atoms. The number of rotatable bonds is 4. The van der Waals surface area contributed by atoms with Crippen molar-refractivity contribution in [1.29, 1.82) is 0 Å². The standard InChI is InChI=1S/C17H17ClFN3O2/c1-24-16-6-5-12(8-13(16)19)20-17(23)15-9-14(21-22-15)10-3-2-4-11(18)7-10/h2-8,14-15,21-22H,9H2,1H3,(H,20,23). The summed E-state index contributed by atoms with van der Waals surface area (Å²) in [6.07, 6.45) is 0.560. The third-order valence-corrected chi connectivity index (χ3v) is 4.13. The molecular formula is C17H17ClFN3O2. The summed E-state index contributed by atoms with van der Waals surface area (Å²) in [6, 6.07) is 11.3. The zero-order chi connectivity index (χ0) is 17.1. The Hall–Kier alpha value is -2.15. The lowest BCUT2D eigenvalue weighted by Crippen LogP contribution is -2.39. The van der Waals surface area contributed by atoms with Crippen LogP contribution < -0.4 is 20.9 Å². The molecule has 1 fully saturated rings. The van der Waals surface area contributed by atoms with Crippen LogP contribution in [0.1, 0.15) is 18.0 Å². The van der Waals surface area contributed by atoms with Crippen LogP contribution in [0.5, 0.6) is 5.75 Å². The summed E-state index contributed by atoms with van der Waals surface area (Å²) in [6.45, 7) is 0. The first kappa shape index (κ1) is 16.7. The van der Waals surface area contributed by atoms with Crippen LogP contribution in [0.3, 0.4) is 0 Å². The summed E-state index contributed by atoms with van der Waals surface area (Å²) < 4.78 is 18.5. The highest BCUT2D eigenvalue weighted by molar-refractivity contribution is 6.30. The van der Waals surface area contributed by atoms with Crippen molar-refractivity contribution < 1.29 is 13.9 Å². The van der Waals surface area contributed by atoms with Crippen LogP contribution >= 0.6 is 11.6 Å². The van der Waals surface area contributed by atoms with Crippen molar-refractivity contribution in [1.82, 2.24) is 10.9 Å². The van der Waals surface area contributed by atoms with Gasteiger partial charge in [0, 0.05) is 22.8 Å². The smallest absolute Gasteiger partial charge is 0.242 e. The molecular weight excluding hydrogens is 333 g/mol. The molecule has 24 heavy (non-hydrogen) atoms. The molecule has 1 heterocycles. The Kier molecular flexibility index (Phi) is 4.99. The van der Waals surface area contributed by atoms with E-state index in [1.54, 1.807) is 12.1 Å². The molecule has 0 saturated carbocycles. The van der Waals surface area contributed by atoms with Gasteiger partial charge in [0.05, 0.1) is 7.11 Å². The van der Waals surface area contributed by atoms with Gasteiger partial charge in [-0.1, -0.05) is 23.7 Å². The molecule has 2 aromatic carbocycles. The van der Waals surface area contributed by atoms with Gasteiger partial charge >= 0.3 is 0 Å². The molecule has 2 atom stereocenters. The van der Waals surface area contributed by atoms with Crippen LogP contribution in [-0.2, 0) is 4.79 Å². The van der Waals surface area contributed by atoms with Crippen molar-refractivity contribution in [3.05, 3.63) is 58.9 Å². The molecule has 5 nitrogen and oxygen atoms in total. The number of hydrogen-bond donors (Lipinski definition) is 3. The minimum Gasteiger partial charge on any atom is -0.494 e. The number of hydrogen-bond acceptors (Lipinski definition) is 4. The molecule has 0 aliphatic carbocycles. The number of halogens is 2. The van der Waals surface area contributed by atoms with Crippen molar-refractivity contribution in [3.8, 4) is 5.75 Å². The third-order valence-electron chi connectivity index (χ3n) is 3.89. The van der Waals surface area contributed by atoms with Crippen molar-refractivity contribution >= 4 is 23.2 Å². The van der Waals surface area contributed by atoms with Crippen LogP contribution in [0.4, 0.5) is 10.1 Å². The third kappa shape index (κ3) is 3.67. The summed E-state index contributed by atoms with van der Waals surface area (Å²) >= 11 is 6.00. The number of hydrazine groups is 1. The van der Waals surface area contributed by atoms with Crippen molar-refractivity contribution in [2.24, 2.45) is 0 Å². The van der Waals surface area contributed by atoms with Gasteiger partial charge in [0.1, 0.15) is 6.04 Å². The highest BCUT2D eigenvalue weighted by Gasteiger charge is 2.30. The second-order valence-electron chi connectivity index (χ2n) is 5.52. The molecule has 1 aliphatic rings. The van der Waals surface area contributed by atoms with Gasteiger partial charge in [-0.25, -0.2) is 15.2 Å². The average molecular weight is 350 g/mol. The molecule has 1 aliphatic heterocycles. The largest absolute Gasteiger partial charge is 0.494 e. The Labute approximate surface area is 144 Å². The Morgan fingerprint density at radius 3 is 2.83 bits per heavy atom. The first-order valence-electron chi connectivity index (χ1n) is 7.48. The minimum absolute atomic E-state index is 0.0212. The van der Waals surface area contributed by atoms with E-state index in [9.17, 15) is 9.18 Å². The molecule has 1 saturated heterocycles. The summed E-state index contributed by atoms with van der Waals surface area (Å²) in [7, 11) is 1.39. The lowest BCUT2D eigenvalue weighted by Gasteiger charge is -2.11. The lowest BCUT2D eigenvalue weighted by molar-refractivity contribution is -0.117. The Bertz CT molecular complexity index is 756. The van der Waals surface area contributed by atoms with E-state index in [0.717, 1.165) is 5.56 Å². The van der Waals surface area contributed by atoms with E-state index < -0.39 is 11.9 Å². The number of amides is 1. The quantitative estimate of drug-likeness (QED) is 0.794. The Morgan fingerprint density at radius 1 is 1.29 bits per heavy atom. The van der Waals surface area contributed by atoms with Crippen LogP contribution in [0, 0.1) is 5.82 Å². The molecule has 3 rings (SSSR count). The van der Waals surface area contributed by atoms with E-state index in [0.29, 0.717) is 17.1 Å². The van der Waals surface area contributed by atoms with Crippen LogP contribution in [-0.4, -0.2) is 19.1 Å². The van der Waals surface area contributed by atoms with Gasteiger partial charge in [0.2, 0.25) is 5.91 Å².